The average Bonchev–Trinajstić information content (AvgIpc) is 2.76. The summed E-state index contributed by atoms with van der Waals surface area (Å²) in [7, 11) is 0. The van der Waals surface area contributed by atoms with Gasteiger partial charge in [0, 0.05) is 0 Å². The lowest BCUT2D eigenvalue weighted by atomic mass is 9.99. The normalized spacial score (nSPS) is 15.2. The predicted molar refractivity (Wildman–Crippen MR) is 122 cm³/mol. The van der Waals surface area contributed by atoms with Gasteiger partial charge in [-0.3, -0.25) is 19.2 Å². The number of aliphatic carboxylic acids is 1. The zero-order valence-corrected chi connectivity index (χ0v) is 19.4. The topological polar surface area (TPSA) is 214 Å². The van der Waals surface area contributed by atoms with Gasteiger partial charge in [0.2, 0.25) is 23.6 Å². The summed E-state index contributed by atoms with van der Waals surface area (Å²) in [4.78, 5) is 60.4. The number of phenols is 1. The number of carboxylic acid groups (broad SMARTS) is 1. The molecule has 0 saturated carbocycles. The minimum absolute atomic E-state index is 0.0527. The highest BCUT2D eigenvalue weighted by atomic mass is 16.4. The number of hydrogen-bond acceptors (Lipinski definition) is 7. The van der Waals surface area contributed by atoms with E-state index in [4.69, 9.17) is 11.5 Å². The molecule has 0 aromatic heterocycles. The molecule has 0 aliphatic carbocycles. The third-order valence-corrected chi connectivity index (χ3v) is 5.30. The van der Waals surface area contributed by atoms with Crippen LogP contribution >= 0.6 is 0 Å². The van der Waals surface area contributed by atoms with Crippen molar-refractivity contribution in [1.82, 2.24) is 16.0 Å². The van der Waals surface area contributed by atoms with Crippen molar-refractivity contribution in [3.05, 3.63) is 29.8 Å². The summed E-state index contributed by atoms with van der Waals surface area (Å²) in [5, 5.41) is 25.7. The standard InChI is InChI=1S/C22H33N5O7/c1-4-11(2)18(22(33)34)27-19(30)12(3)25-21(32)16(10-17(24)29)26-20(31)15(23)9-13-5-7-14(28)8-6-13/h5-8,11-12,15-16,18,28H,4,9-10,23H2,1-3H3,(H2,24,29)(H,25,32)(H,26,31)(H,27,30)(H,33,34). The fourth-order valence-electron chi connectivity index (χ4n) is 3.01. The van der Waals surface area contributed by atoms with Gasteiger partial charge in [-0.05, 0) is 37.0 Å². The van der Waals surface area contributed by atoms with Crippen molar-refractivity contribution in [2.45, 2.75) is 64.2 Å². The van der Waals surface area contributed by atoms with Crippen molar-refractivity contribution in [2.24, 2.45) is 17.4 Å². The van der Waals surface area contributed by atoms with Crippen LogP contribution in [0.3, 0.4) is 0 Å². The molecule has 1 aromatic rings. The van der Waals surface area contributed by atoms with Gasteiger partial charge in [-0.15, -0.1) is 0 Å². The molecule has 4 amide bonds. The second-order valence-corrected chi connectivity index (χ2v) is 8.15. The third kappa shape index (κ3) is 9.06. The van der Waals surface area contributed by atoms with E-state index in [1.807, 2.05) is 0 Å². The van der Waals surface area contributed by atoms with Crippen molar-refractivity contribution >= 4 is 29.6 Å². The highest BCUT2D eigenvalue weighted by Crippen LogP contribution is 2.11. The smallest absolute Gasteiger partial charge is 0.326 e. The Morgan fingerprint density at radius 3 is 2.03 bits per heavy atom. The van der Waals surface area contributed by atoms with Gasteiger partial charge in [-0.1, -0.05) is 32.4 Å². The van der Waals surface area contributed by atoms with Crippen molar-refractivity contribution in [2.75, 3.05) is 0 Å². The summed E-state index contributed by atoms with van der Waals surface area (Å²) < 4.78 is 0. The SMILES string of the molecule is CCC(C)C(NC(=O)C(C)NC(=O)C(CC(N)=O)NC(=O)C(N)Cc1ccc(O)cc1)C(=O)O. The maximum Gasteiger partial charge on any atom is 0.326 e. The lowest BCUT2D eigenvalue weighted by Gasteiger charge is -2.24. The van der Waals surface area contributed by atoms with Crippen molar-refractivity contribution < 1.29 is 34.2 Å². The first kappa shape index (κ1) is 28.4. The van der Waals surface area contributed by atoms with Crippen LogP contribution in [0.5, 0.6) is 5.75 Å². The minimum atomic E-state index is -1.39. The summed E-state index contributed by atoms with van der Waals surface area (Å²) in [5.41, 5.74) is 11.8. The summed E-state index contributed by atoms with van der Waals surface area (Å²) >= 11 is 0. The number of phenolic OH excluding ortho intramolecular Hbond substituents is 1. The van der Waals surface area contributed by atoms with Crippen LogP contribution in [0, 0.1) is 5.92 Å². The van der Waals surface area contributed by atoms with E-state index < -0.39 is 60.2 Å². The van der Waals surface area contributed by atoms with E-state index in [1.54, 1.807) is 26.0 Å². The van der Waals surface area contributed by atoms with Crippen LogP contribution in [0.15, 0.2) is 24.3 Å². The predicted octanol–water partition coefficient (Wildman–Crippen LogP) is -1.26. The van der Waals surface area contributed by atoms with Crippen LogP contribution in [0.1, 0.15) is 39.2 Å². The van der Waals surface area contributed by atoms with Gasteiger partial charge >= 0.3 is 5.97 Å². The van der Waals surface area contributed by atoms with Gasteiger partial charge < -0.3 is 37.6 Å². The molecule has 0 radical (unpaired) electrons. The van der Waals surface area contributed by atoms with Gasteiger partial charge in [-0.25, -0.2) is 4.79 Å². The molecule has 0 spiro atoms. The number of aromatic hydroxyl groups is 1. The van der Waals surface area contributed by atoms with Gasteiger partial charge in [0.05, 0.1) is 12.5 Å². The second-order valence-electron chi connectivity index (χ2n) is 8.15. The number of hydrogen-bond donors (Lipinski definition) is 7. The van der Waals surface area contributed by atoms with Crippen molar-refractivity contribution in [3.8, 4) is 5.75 Å². The molecule has 9 N–H and O–H groups in total. The van der Waals surface area contributed by atoms with Crippen LogP contribution in [-0.4, -0.2) is 64.0 Å². The molecular formula is C22H33N5O7. The number of carboxylic acids is 1. The Bertz CT molecular complexity index is 890. The summed E-state index contributed by atoms with van der Waals surface area (Å²) in [6, 6.07) is 1.28. The molecule has 1 aromatic carbocycles. The Morgan fingerprint density at radius 2 is 1.53 bits per heavy atom. The first-order valence-electron chi connectivity index (χ1n) is 10.8. The Labute approximate surface area is 197 Å². The maximum atomic E-state index is 12.7. The summed E-state index contributed by atoms with van der Waals surface area (Å²) in [6.45, 7) is 4.78. The lowest BCUT2D eigenvalue weighted by Crippen LogP contribution is -2.57. The average molecular weight is 480 g/mol. The van der Waals surface area contributed by atoms with Crippen LogP contribution < -0.4 is 27.4 Å². The molecule has 12 nitrogen and oxygen atoms in total. The quantitative estimate of drug-likeness (QED) is 0.181. The minimum Gasteiger partial charge on any atom is -0.508 e. The molecule has 5 atom stereocenters. The number of amides is 4. The molecule has 1 rings (SSSR count). The zero-order valence-electron chi connectivity index (χ0n) is 19.4. The van der Waals surface area contributed by atoms with E-state index in [2.05, 4.69) is 16.0 Å². The summed E-state index contributed by atoms with van der Waals surface area (Å²) in [6.07, 6.45) is 0.0690. The number of nitrogens with one attached hydrogen (secondary N) is 3. The Kier molecular flexibility index (Phi) is 11.0. The van der Waals surface area contributed by atoms with Gasteiger partial charge in [0.15, 0.2) is 0 Å². The molecule has 188 valence electrons. The van der Waals surface area contributed by atoms with Crippen molar-refractivity contribution in [1.29, 1.82) is 0 Å². The number of nitrogens with two attached hydrogens (primary N) is 2. The highest BCUT2D eigenvalue weighted by Gasteiger charge is 2.30. The van der Waals surface area contributed by atoms with E-state index in [1.165, 1.54) is 19.1 Å². The summed E-state index contributed by atoms with van der Waals surface area (Å²) in [5.74, 6) is -4.70. The fourth-order valence-corrected chi connectivity index (χ4v) is 3.01. The van der Waals surface area contributed by atoms with E-state index in [-0.39, 0.29) is 18.1 Å². The van der Waals surface area contributed by atoms with Gasteiger partial charge in [-0.2, -0.15) is 0 Å². The number of primary amides is 1. The molecule has 0 bridgehead atoms. The monoisotopic (exact) mass is 479 g/mol. The van der Waals surface area contributed by atoms with E-state index in [0.717, 1.165) is 0 Å². The lowest BCUT2D eigenvalue weighted by molar-refractivity contribution is -0.143. The Hall–Kier alpha value is -3.67. The number of carbonyl (C=O) groups excluding carboxylic acids is 4. The molecule has 0 aliphatic heterocycles. The molecule has 5 unspecified atom stereocenters. The Morgan fingerprint density at radius 1 is 0.941 bits per heavy atom. The Balaban J connectivity index is 2.80. The first-order valence-corrected chi connectivity index (χ1v) is 10.8. The molecule has 0 fully saturated rings. The van der Waals surface area contributed by atoms with E-state index in [9.17, 15) is 34.2 Å². The van der Waals surface area contributed by atoms with Gasteiger partial charge in [0.25, 0.3) is 0 Å². The molecule has 0 saturated heterocycles. The molecule has 34 heavy (non-hydrogen) atoms. The maximum absolute atomic E-state index is 12.7. The van der Waals surface area contributed by atoms with Crippen LogP contribution in [0.4, 0.5) is 0 Å². The highest BCUT2D eigenvalue weighted by molar-refractivity contribution is 5.96. The van der Waals surface area contributed by atoms with Gasteiger partial charge in [0.1, 0.15) is 23.9 Å². The number of carbonyl (C=O) groups is 5. The third-order valence-electron chi connectivity index (χ3n) is 5.30. The molecule has 0 heterocycles. The fraction of sp³-hybridized carbons (Fsp3) is 0.500. The number of rotatable bonds is 13. The van der Waals surface area contributed by atoms with E-state index in [0.29, 0.717) is 12.0 Å². The van der Waals surface area contributed by atoms with Crippen LogP contribution in [-0.2, 0) is 30.4 Å². The largest absolute Gasteiger partial charge is 0.508 e. The van der Waals surface area contributed by atoms with Crippen molar-refractivity contribution in [3.63, 3.8) is 0 Å². The van der Waals surface area contributed by atoms with Crippen LogP contribution in [0.2, 0.25) is 0 Å². The molecule has 0 aliphatic rings. The molecule has 12 heteroatoms. The second kappa shape index (κ2) is 13.1. The zero-order chi connectivity index (χ0) is 26.0. The molecular weight excluding hydrogens is 446 g/mol. The number of benzene rings is 1. The van der Waals surface area contributed by atoms with E-state index >= 15 is 0 Å². The van der Waals surface area contributed by atoms with Crippen LogP contribution in [0.25, 0.3) is 0 Å². The first-order chi connectivity index (χ1) is 15.8.